The Kier molecular flexibility index (Phi) is 15.1. The molecule has 1 aliphatic carbocycles. The molecule has 41 heavy (non-hydrogen) atoms. The molecular weight excluding hydrogens is 584 g/mol. The number of allylic oxidation sites excluding steroid dienone is 4. The van der Waals surface area contributed by atoms with Gasteiger partial charge in [0.2, 0.25) is 0 Å². The number of ether oxygens (including phenoxy) is 5. The van der Waals surface area contributed by atoms with Gasteiger partial charge in [-0.15, -0.1) is 0 Å². The minimum absolute atomic E-state index is 0.0725. The molecular formula is C34H55BrO6. The fraction of sp³-hybridized carbons (Fsp3) is 0.794. The summed E-state index contributed by atoms with van der Waals surface area (Å²) < 4.78 is 30.1. The first kappa shape index (κ1) is 34.5. The highest BCUT2D eigenvalue weighted by atomic mass is 79.9. The van der Waals surface area contributed by atoms with Crippen molar-refractivity contribution in [3.63, 3.8) is 0 Å². The lowest BCUT2D eigenvalue weighted by Gasteiger charge is -2.36. The highest BCUT2D eigenvalue weighted by Crippen LogP contribution is 2.43. The average Bonchev–Trinajstić information content (AvgIpc) is 3.25. The van der Waals surface area contributed by atoms with Gasteiger partial charge in [-0.05, 0) is 95.8 Å². The van der Waals surface area contributed by atoms with Crippen LogP contribution in [0.2, 0.25) is 0 Å². The number of esters is 1. The van der Waals surface area contributed by atoms with E-state index in [1.54, 1.807) is 0 Å². The van der Waals surface area contributed by atoms with Crippen molar-refractivity contribution in [3.05, 3.63) is 36.0 Å². The zero-order valence-electron chi connectivity index (χ0n) is 26.2. The Bertz CT molecular complexity index is 851. The lowest BCUT2D eigenvalue weighted by molar-refractivity contribution is -0.197. The summed E-state index contributed by atoms with van der Waals surface area (Å²) in [5, 5.41) is 0. The number of carbonyl (C=O) groups is 1. The van der Waals surface area contributed by atoms with Crippen LogP contribution in [0.1, 0.15) is 105 Å². The number of unbranched alkanes of at least 4 members (excludes halogenated alkanes) is 1. The molecule has 0 aromatic heterocycles. The van der Waals surface area contributed by atoms with Crippen molar-refractivity contribution < 1.29 is 28.5 Å². The van der Waals surface area contributed by atoms with Crippen LogP contribution in [0.25, 0.3) is 0 Å². The Morgan fingerprint density at radius 2 is 1.76 bits per heavy atom. The number of carbonyl (C=O) groups excluding carboxylic acids is 1. The SMILES string of the molecule is COC(=O)CCCC=CC[C@@H]1[C@@H](C=C[C@@H](OC2CCCCO2)C(C)(C)CC=C(C)C)[C@H](OC2CCCCO2)C[C@@H]1Br. The Morgan fingerprint density at radius 3 is 2.39 bits per heavy atom. The van der Waals surface area contributed by atoms with E-state index in [4.69, 9.17) is 23.7 Å². The number of halogens is 1. The van der Waals surface area contributed by atoms with Gasteiger partial charge in [-0.3, -0.25) is 4.79 Å². The summed E-state index contributed by atoms with van der Waals surface area (Å²) in [6.45, 7) is 10.5. The number of hydrogen-bond donors (Lipinski definition) is 0. The van der Waals surface area contributed by atoms with Crippen LogP contribution in [0, 0.1) is 17.3 Å². The molecule has 3 aliphatic rings. The molecule has 7 heteroatoms. The van der Waals surface area contributed by atoms with E-state index in [2.05, 4.69) is 74.0 Å². The molecule has 0 bridgehead atoms. The Hall–Kier alpha value is -0.990. The van der Waals surface area contributed by atoms with E-state index < -0.39 is 0 Å². The fourth-order valence-corrected chi connectivity index (χ4v) is 6.86. The van der Waals surface area contributed by atoms with Gasteiger partial charge >= 0.3 is 5.97 Å². The summed E-state index contributed by atoms with van der Waals surface area (Å²) in [6.07, 6.45) is 22.7. The molecule has 1 saturated carbocycles. The molecule has 0 radical (unpaired) electrons. The van der Waals surface area contributed by atoms with Crippen LogP contribution in [-0.4, -0.2) is 55.9 Å². The maximum absolute atomic E-state index is 11.4. The molecule has 6 nitrogen and oxygen atoms in total. The van der Waals surface area contributed by atoms with Gasteiger partial charge in [0.05, 0.1) is 19.3 Å². The van der Waals surface area contributed by atoms with Gasteiger partial charge in [-0.25, -0.2) is 0 Å². The van der Waals surface area contributed by atoms with Crippen LogP contribution in [0.15, 0.2) is 36.0 Å². The second-order valence-corrected chi connectivity index (χ2v) is 14.0. The van der Waals surface area contributed by atoms with Gasteiger partial charge in [0.1, 0.15) is 0 Å². The minimum atomic E-state index is -0.150. The molecule has 234 valence electrons. The number of alkyl halides is 1. The smallest absolute Gasteiger partial charge is 0.305 e. The lowest BCUT2D eigenvalue weighted by atomic mass is 9.81. The maximum Gasteiger partial charge on any atom is 0.305 e. The van der Waals surface area contributed by atoms with Crippen molar-refractivity contribution in [2.45, 2.75) is 134 Å². The second kappa shape index (κ2) is 18.0. The predicted molar refractivity (Wildman–Crippen MR) is 168 cm³/mol. The third-order valence-electron chi connectivity index (χ3n) is 8.62. The first-order chi connectivity index (χ1) is 19.7. The molecule has 0 spiro atoms. The molecule has 3 rings (SSSR count). The molecule has 0 N–H and O–H groups in total. The van der Waals surface area contributed by atoms with Crippen LogP contribution < -0.4 is 0 Å². The van der Waals surface area contributed by atoms with Crippen LogP contribution in [0.4, 0.5) is 0 Å². The van der Waals surface area contributed by atoms with E-state index in [1.165, 1.54) is 12.7 Å². The Labute approximate surface area is 257 Å². The summed E-state index contributed by atoms with van der Waals surface area (Å²) in [5.74, 6) is 0.485. The summed E-state index contributed by atoms with van der Waals surface area (Å²) >= 11 is 4.02. The Morgan fingerprint density at radius 1 is 1.05 bits per heavy atom. The minimum Gasteiger partial charge on any atom is -0.469 e. The molecule has 2 aliphatic heterocycles. The summed E-state index contributed by atoms with van der Waals surface area (Å²) in [6, 6.07) is 0. The molecule has 0 amide bonds. The van der Waals surface area contributed by atoms with Gasteiger partial charge in [0.25, 0.3) is 0 Å². The number of rotatable bonds is 15. The van der Waals surface area contributed by atoms with Crippen molar-refractivity contribution in [1.82, 2.24) is 0 Å². The summed E-state index contributed by atoms with van der Waals surface area (Å²) in [5.41, 5.74) is 1.24. The molecule has 2 heterocycles. The van der Waals surface area contributed by atoms with E-state index in [9.17, 15) is 4.79 Å². The molecule has 2 unspecified atom stereocenters. The van der Waals surface area contributed by atoms with Crippen molar-refractivity contribution >= 4 is 21.9 Å². The van der Waals surface area contributed by atoms with E-state index in [0.29, 0.717) is 17.2 Å². The van der Waals surface area contributed by atoms with Gasteiger partial charge in [-0.1, -0.05) is 65.7 Å². The number of methoxy groups -OCH3 is 1. The normalized spacial score (nSPS) is 30.1. The van der Waals surface area contributed by atoms with Crippen molar-refractivity contribution in [3.8, 4) is 0 Å². The molecule has 3 fully saturated rings. The molecule has 0 aromatic rings. The standard InChI is InChI=1S/C34H55BrO6/c1-25(2)20-21-34(3,4)30(41-33-17-11-13-23-39-33)19-18-27-26(14-8-6-7-9-15-31(36)37-5)28(35)24-29(27)40-32-16-10-12-22-38-32/h6,8,18-20,26-30,32-33H,7,9-17,21-24H2,1-5H3/t26-,27-,28+,29-,30-,32?,33?/m1/s1. The first-order valence-corrected chi connectivity index (χ1v) is 16.8. The van der Waals surface area contributed by atoms with Crippen molar-refractivity contribution in [2.75, 3.05) is 20.3 Å². The molecule has 0 aromatic carbocycles. The Balaban J connectivity index is 1.77. The quantitative estimate of drug-likeness (QED) is 0.0776. The van der Waals surface area contributed by atoms with Crippen molar-refractivity contribution in [1.29, 1.82) is 0 Å². The van der Waals surface area contributed by atoms with Gasteiger partial charge in [0.15, 0.2) is 12.6 Å². The third kappa shape index (κ3) is 11.9. The van der Waals surface area contributed by atoms with E-state index in [1.807, 2.05) is 0 Å². The van der Waals surface area contributed by atoms with E-state index >= 15 is 0 Å². The van der Waals surface area contributed by atoms with E-state index in [0.717, 1.165) is 83.8 Å². The monoisotopic (exact) mass is 638 g/mol. The van der Waals surface area contributed by atoms with Crippen LogP contribution in [0.3, 0.4) is 0 Å². The van der Waals surface area contributed by atoms with Crippen molar-refractivity contribution in [2.24, 2.45) is 17.3 Å². The predicted octanol–water partition coefficient (Wildman–Crippen LogP) is 8.44. The topological polar surface area (TPSA) is 63.2 Å². The molecule has 7 atom stereocenters. The van der Waals surface area contributed by atoms with Gasteiger partial charge in [0, 0.05) is 30.4 Å². The highest BCUT2D eigenvalue weighted by Gasteiger charge is 2.42. The second-order valence-electron chi connectivity index (χ2n) is 12.9. The lowest BCUT2D eigenvalue weighted by Crippen LogP contribution is -2.36. The summed E-state index contributed by atoms with van der Waals surface area (Å²) in [7, 11) is 1.44. The van der Waals surface area contributed by atoms with E-state index in [-0.39, 0.29) is 42.1 Å². The van der Waals surface area contributed by atoms with Crippen LogP contribution in [0.5, 0.6) is 0 Å². The first-order valence-electron chi connectivity index (χ1n) is 15.9. The summed E-state index contributed by atoms with van der Waals surface area (Å²) in [4.78, 5) is 11.8. The molecule has 2 saturated heterocycles. The highest BCUT2D eigenvalue weighted by molar-refractivity contribution is 9.09. The number of hydrogen-bond acceptors (Lipinski definition) is 6. The van der Waals surface area contributed by atoms with Crippen LogP contribution in [-0.2, 0) is 28.5 Å². The van der Waals surface area contributed by atoms with Gasteiger partial charge in [-0.2, -0.15) is 0 Å². The zero-order valence-corrected chi connectivity index (χ0v) is 27.7. The zero-order chi connectivity index (χ0) is 29.7. The largest absolute Gasteiger partial charge is 0.469 e. The van der Waals surface area contributed by atoms with Gasteiger partial charge < -0.3 is 23.7 Å². The maximum atomic E-state index is 11.4. The fourth-order valence-electron chi connectivity index (χ4n) is 5.92. The third-order valence-corrected chi connectivity index (χ3v) is 9.67. The average molecular weight is 640 g/mol. The van der Waals surface area contributed by atoms with Crippen LogP contribution >= 0.6 is 15.9 Å².